The van der Waals surface area contributed by atoms with Crippen molar-refractivity contribution >= 4 is 23.3 Å². The molecule has 0 aliphatic rings. The summed E-state index contributed by atoms with van der Waals surface area (Å²) in [5.41, 5.74) is 8.32. The van der Waals surface area contributed by atoms with E-state index in [2.05, 4.69) is 21.1 Å². The van der Waals surface area contributed by atoms with Gasteiger partial charge in [-0.1, -0.05) is 36.4 Å². The molecule has 114 valence electrons. The Balaban J connectivity index is 1.74. The van der Waals surface area contributed by atoms with Crippen LogP contribution < -0.4 is 10.9 Å². The average Bonchev–Trinajstić information content (AvgIpc) is 3.14. The van der Waals surface area contributed by atoms with Gasteiger partial charge in [-0.3, -0.25) is 10.9 Å². The van der Waals surface area contributed by atoms with Crippen molar-refractivity contribution in [2.75, 3.05) is 10.9 Å². The van der Waals surface area contributed by atoms with E-state index in [1.54, 1.807) is 12.5 Å². The van der Waals surface area contributed by atoms with Crippen molar-refractivity contribution in [1.82, 2.24) is 0 Å². The van der Waals surface area contributed by atoms with Crippen LogP contribution in [0.15, 0.2) is 93.7 Å². The van der Waals surface area contributed by atoms with Crippen LogP contribution in [-0.4, -0.2) is 11.9 Å². The second kappa shape index (κ2) is 7.61. The van der Waals surface area contributed by atoms with Gasteiger partial charge in [-0.2, -0.15) is 10.2 Å². The van der Waals surface area contributed by atoms with E-state index >= 15 is 0 Å². The van der Waals surface area contributed by atoms with Crippen LogP contribution in [0, 0.1) is 0 Å². The Morgan fingerprint density at radius 1 is 0.783 bits per heavy atom. The predicted molar refractivity (Wildman–Crippen MR) is 93.9 cm³/mol. The van der Waals surface area contributed by atoms with Gasteiger partial charge in [-0.15, -0.1) is 0 Å². The fraction of sp³-hybridized carbons (Fsp3) is 0. The first-order valence-electron chi connectivity index (χ1n) is 7.18. The number of nitrogens with one attached hydrogen (secondary N) is 2. The molecule has 5 heteroatoms. The maximum absolute atomic E-state index is 5.40. The topological polar surface area (TPSA) is 61.9 Å². The maximum Gasteiger partial charge on any atom is 0.155 e. The fourth-order valence-corrected chi connectivity index (χ4v) is 1.89. The number of anilines is 2. The van der Waals surface area contributed by atoms with Crippen molar-refractivity contribution in [3.8, 4) is 0 Å². The summed E-state index contributed by atoms with van der Waals surface area (Å²) in [5.74, 6) is 0.632. The van der Waals surface area contributed by atoms with Crippen molar-refractivity contribution < 1.29 is 4.42 Å². The van der Waals surface area contributed by atoms with Crippen LogP contribution in [0.25, 0.3) is 0 Å². The van der Waals surface area contributed by atoms with Gasteiger partial charge in [0.1, 0.15) is 5.71 Å². The normalized spacial score (nSPS) is 11.6. The summed E-state index contributed by atoms with van der Waals surface area (Å²) < 4.78 is 5.40. The van der Waals surface area contributed by atoms with E-state index in [-0.39, 0.29) is 0 Å². The number of rotatable bonds is 6. The first-order valence-corrected chi connectivity index (χ1v) is 7.18. The molecular formula is C18H16N4O. The summed E-state index contributed by atoms with van der Waals surface area (Å²) in [6.45, 7) is 0. The average molecular weight is 304 g/mol. The first kappa shape index (κ1) is 14.6. The van der Waals surface area contributed by atoms with E-state index < -0.39 is 0 Å². The molecule has 0 unspecified atom stereocenters. The lowest BCUT2D eigenvalue weighted by atomic mass is 10.3. The second-order valence-electron chi connectivity index (χ2n) is 4.69. The molecule has 0 bridgehead atoms. The Hall–Kier alpha value is -3.34. The summed E-state index contributed by atoms with van der Waals surface area (Å²) in [6, 6.07) is 23.0. The van der Waals surface area contributed by atoms with E-state index in [0.717, 1.165) is 11.4 Å². The molecule has 3 rings (SSSR count). The smallest absolute Gasteiger partial charge is 0.155 e. The molecular weight excluding hydrogens is 288 g/mol. The van der Waals surface area contributed by atoms with Crippen LogP contribution in [0.5, 0.6) is 0 Å². The monoisotopic (exact) mass is 304 g/mol. The van der Waals surface area contributed by atoms with Crippen molar-refractivity contribution in [3.63, 3.8) is 0 Å². The van der Waals surface area contributed by atoms with Crippen molar-refractivity contribution in [1.29, 1.82) is 0 Å². The Labute approximate surface area is 134 Å². The number of benzene rings is 2. The molecule has 23 heavy (non-hydrogen) atoms. The van der Waals surface area contributed by atoms with E-state index in [1.165, 1.54) is 0 Å². The third kappa shape index (κ3) is 4.31. The summed E-state index contributed by atoms with van der Waals surface area (Å²) in [7, 11) is 0. The molecule has 0 saturated carbocycles. The molecule has 0 spiro atoms. The maximum atomic E-state index is 5.40. The Morgan fingerprint density at radius 2 is 1.43 bits per heavy atom. The molecule has 1 aromatic heterocycles. The lowest BCUT2D eigenvalue weighted by Crippen LogP contribution is -2.06. The first-order chi connectivity index (χ1) is 11.4. The van der Waals surface area contributed by atoms with Crippen LogP contribution in [-0.2, 0) is 0 Å². The lowest BCUT2D eigenvalue weighted by Gasteiger charge is -2.02. The highest BCUT2D eigenvalue weighted by Gasteiger charge is 2.04. The van der Waals surface area contributed by atoms with Crippen LogP contribution in [0.4, 0.5) is 11.4 Å². The molecule has 0 saturated heterocycles. The van der Waals surface area contributed by atoms with Gasteiger partial charge in [0.2, 0.25) is 0 Å². The highest BCUT2D eigenvalue weighted by molar-refractivity contribution is 6.37. The third-order valence-electron chi connectivity index (χ3n) is 3.01. The molecule has 0 aliphatic heterocycles. The van der Waals surface area contributed by atoms with E-state index in [0.29, 0.717) is 11.5 Å². The summed E-state index contributed by atoms with van der Waals surface area (Å²) in [4.78, 5) is 0. The molecule has 0 radical (unpaired) electrons. The van der Waals surface area contributed by atoms with Gasteiger partial charge < -0.3 is 4.42 Å². The molecule has 0 amide bonds. The van der Waals surface area contributed by atoms with Crippen molar-refractivity contribution in [2.24, 2.45) is 10.2 Å². The zero-order valence-corrected chi connectivity index (χ0v) is 12.4. The standard InChI is InChI=1S/C18H16N4O/c1-3-8-15(9-4-1)20-19-14-17(18-12-7-13-23-18)22-21-16-10-5-2-6-11-16/h1-14,20-21H/b19-14?,22-17+. The summed E-state index contributed by atoms with van der Waals surface area (Å²) in [5, 5.41) is 8.56. The fourth-order valence-electron chi connectivity index (χ4n) is 1.89. The number of para-hydroxylation sites is 2. The minimum atomic E-state index is 0.585. The van der Waals surface area contributed by atoms with Crippen molar-refractivity contribution in [2.45, 2.75) is 0 Å². The predicted octanol–water partition coefficient (Wildman–Crippen LogP) is 4.19. The van der Waals surface area contributed by atoms with Crippen molar-refractivity contribution in [3.05, 3.63) is 84.8 Å². The van der Waals surface area contributed by atoms with Gasteiger partial charge in [0.25, 0.3) is 0 Å². The van der Waals surface area contributed by atoms with Crippen LogP contribution in [0.3, 0.4) is 0 Å². The summed E-state index contributed by atoms with van der Waals surface area (Å²) in [6.07, 6.45) is 3.22. The third-order valence-corrected chi connectivity index (χ3v) is 3.01. The molecule has 2 aromatic carbocycles. The quantitative estimate of drug-likeness (QED) is 0.530. The van der Waals surface area contributed by atoms with Gasteiger partial charge in [-0.05, 0) is 36.4 Å². The Kier molecular flexibility index (Phi) is 4.83. The van der Waals surface area contributed by atoms with Crippen LogP contribution in [0.2, 0.25) is 0 Å². The zero-order valence-electron chi connectivity index (χ0n) is 12.4. The van der Waals surface area contributed by atoms with Crippen LogP contribution in [0.1, 0.15) is 5.76 Å². The minimum absolute atomic E-state index is 0.585. The van der Waals surface area contributed by atoms with Crippen LogP contribution >= 0.6 is 0 Å². The molecule has 1 heterocycles. The molecule has 3 aromatic rings. The minimum Gasteiger partial charge on any atom is -0.463 e. The molecule has 0 atom stereocenters. The Bertz CT molecular complexity index is 765. The molecule has 5 nitrogen and oxygen atoms in total. The number of hydrogen-bond donors (Lipinski definition) is 2. The van der Waals surface area contributed by atoms with Gasteiger partial charge in [-0.25, -0.2) is 0 Å². The number of hydrazone groups is 2. The van der Waals surface area contributed by atoms with E-state index in [1.807, 2.05) is 72.8 Å². The van der Waals surface area contributed by atoms with Gasteiger partial charge in [0, 0.05) is 0 Å². The summed E-state index contributed by atoms with van der Waals surface area (Å²) >= 11 is 0. The molecule has 0 fully saturated rings. The molecule has 2 N–H and O–H groups in total. The van der Waals surface area contributed by atoms with E-state index in [9.17, 15) is 0 Å². The van der Waals surface area contributed by atoms with Gasteiger partial charge >= 0.3 is 0 Å². The second-order valence-corrected chi connectivity index (χ2v) is 4.69. The largest absolute Gasteiger partial charge is 0.463 e. The number of furan rings is 1. The lowest BCUT2D eigenvalue weighted by molar-refractivity contribution is 0.559. The number of nitrogens with zero attached hydrogens (tertiary/aromatic N) is 2. The Morgan fingerprint density at radius 3 is 2.04 bits per heavy atom. The molecule has 0 aliphatic carbocycles. The highest BCUT2D eigenvalue weighted by Crippen LogP contribution is 2.08. The van der Waals surface area contributed by atoms with Gasteiger partial charge in [0.05, 0.1) is 23.9 Å². The number of hydrogen-bond acceptors (Lipinski definition) is 5. The highest BCUT2D eigenvalue weighted by atomic mass is 16.3. The van der Waals surface area contributed by atoms with E-state index in [4.69, 9.17) is 4.42 Å². The SMILES string of the molecule is C(=NNc1ccccc1)/C(=N\Nc1ccccc1)c1ccco1. The zero-order chi connectivity index (χ0) is 15.7. The van der Waals surface area contributed by atoms with Gasteiger partial charge in [0.15, 0.2) is 5.76 Å².